The minimum Gasteiger partial charge on any atom is -0.396 e. The Labute approximate surface area is 114 Å². The van der Waals surface area contributed by atoms with E-state index >= 15 is 0 Å². The molecule has 1 unspecified atom stereocenters. The first kappa shape index (κ1) is 13.8. The lowest BCUT2D eigenvalue weighted by Crippen LogP contribution is -2.29. The van der Waals surface area contributed by atoms with E-state index in [0.29, 0.717) is 0 Å². The van der Waals surface area contributed by atoms with Crippen molar-refractivity contribution >= 4 is 16.6 Å². The number of rotatable bonds is 5. The van der Waals surface area contributed by atoms with Gasteiger partial charge in [-0.25, -0.2) is 0 Å². The highest BCUT2D eigenvalue weighted by atomic mass is 16.3. The predicted molar refractivity (Wildman–Crippen MR) is 80.5 cm³/mol. The first-order valence-corrected chi connectivity index (χ1v) is 6.79. The van der Waals surface area contributed by atoms with E-state index in [9.17, 15) is 5.11 Å². The number of nitrogens with zero attached hydrogens (tertiary/aromatic N) is 1. The van der Waals surface area contributed by atoms with E-state index in [1.165, 1.54) is 5.56 Å². The Morgan fingerprint density at radius 1 is 1.32 bits per heavy atom. The number of benzene rings is 1. The normalized spacial score (nSPS) is 14.3. The lowest BCUT2D eigenvalue weighted by atomic mass is 9.88. The standard InChI is InChI=1S/C16H22N2O/c1-4-16(3,11-19)10-18-14-8-7-12(2)15-13(14)6-5-9-17-15/h5-9,18-19H,4,10-11H2,1-3H3. The number of pyridine rings is 1. The number of hydrogen-bond acceptors (Lipinski definition) is 3. The van der Waals surface area contributed by atoms with Crippen molar-refractivity contribution in [2.45, 2.75) is 27.2 Å². The molecule has 0 fully saturated rings. The molecule has 0 saturated heterocycles. The summed E-state index contributed by atoms with van der Waals surface area (Å²) in [5.41, 5.74) is 3.22. The van der Waals surface area contributed by atoms with Crippen LogP contribution in [0, 0.1) is 12.3 Å². The van der Waals surface area contributed by atoms with Crippen LogP contribution in [-0.4, -0.2) is 23.2 Å². The SMILES string of the molecule is CCC(C)(CO)CNc1ccc(C)c2ncccc12. The molecule has 3 heteroatoms. The molecule has 2 aromatic rings. The summed E-state index contributed by atoms with van der Waals surface area (Å²) in [7, 11) is 0. The minimum atomic E-state index is -0.0839. The molecule has 3 nitrogen and oxygen atoms in total. The van der Waals surface area contributed by atoms with Crippen LogP contribution in [0.1, 0.15) is 25.8 Å². The number of aryl methyl sites for hydroxylation is 1. The van der Waals surface area contributed by atoms with Gasteiger partial charge in [-0.15, -0.1) is 0 Å². The van der Waals surface area contributed by atoms with Crippen LogP contribution >= 0.6 is 0 Å². The maximum absolute atomic E-state index is 9.47. The highest BCUT2D eigenvalue weighted by molar-refractivity contribution is 5.93. The number of hydrogen-bond donors (Lipinski definition) is 2. The second-order valence-corrected chi connectivity index (χ2v) is 5.51. The van der Waals surface area contributed by atoms with Crippen molar-refractivity contribution in [3.05, 3.63) is 36.0 Å². The van der Waals surface area contributed by atoms with Crippen molar-refractivity contribution in [3.8, 4) is 0 Å². The van der Waals surface area contributed by atoms with Gasteiger partial charge in [-0.2, -0.15) is 0 Å². The molecular weight excluding hydrogens is 236 g/mol. The Bertz CT molecular complexity index is 562. The Morgan fingerprint density at radius 2 is 2.11 bits per heavy atom. The summed E-state index contributed by atoms with van der Waals surface area (Å²) in [6, 6.07) is 8.21. The first-order valence-electron chi connectivity index (χ1n) is 6.79. The number of fused-ring (bicyclic) bond motifs is 1. The summed E-state index contributed by atoms with van der Waals surface area (Å²) in [6.07, 6.45) is 2.77. The second kappa shape index (κ2) is 5.57. The fraction of sp³-hybridized carbons (Fsp3) is 0.438. The zero-order chi connectivity index (χ0) is 13.9. The Balaban J connectivity index is 2.29. The molecule has 0 amide bonds. The van der Waals surface area contributed by atoms with Crippen LogP contribution in [0.2, 0.25) is 0 Å². The van der Waals surface area contributed by atoms with Crippen LogP contribution in [0.25, 0.3) is 10.9 Å². The third kappa shape index (κ3) is 2.87. The van der Waals surface area contributed by atoms with Gasteiger partial charge in [-0.1, -0.05) is 19.9 Å². The van der Waals surface area contributed by atoms with Crippen LogP contribution < -0.4 is 5.32 Å². The van der Waals surface area contributed by atoms with Gasteiger partial charge in [-0.05, 0) is 37.1 Å². The topological polar surface area (TPSA) is 45.1 Å². The summed E-state index contributed by atoms with van der Waals surface area (Å²) in [4.78, 5) is 4.44. The quantitative estimate of drug-likeness (QED) is 0.864. The fourth-order valence-electron chi connectivity index (χ4n) is 2.07. The van der Waals surface area contributed by atoms with Gasteiger partial charge in [0, 0.05) is 29.2 Å². The van der Waals surface area contributed by atoms with E-state index in [2.05, 4.69) is 49.3 Å². The van der Waals surface area contributed by atoms with E-state index in [0.717, 1.165) is 29.6 Å². The number of aliphatic hydroxyl groups excluding tert-OH is 1. The molecule has 1 aromatic carbocycles. The van der Waals surface area contributed by atoms with E-state index in [1.807, 2.05) is 12.3 Å². The van der Waals surface area contributed by atoms with E-state index in [4.69, 9.17) is 0 Å². The number of nitrogens with one attached hydrogen (secondary N) is 1. The molecule has 1 heterocycles. The molecule has 19 heavy (non-hydrogen) atoms. The molecule has 2 rings (SSSR count). The molecule has 1 atom stereocenters. The van der Waals surface area contributed by atoms with Crippen LogP contribution in [0.5, 0.6) is 0 Å². The van der Waals surface area contributed by atoms with Crippen molar-refractivity contribution in [2.24, 2.45) is 5.41 Å². The molecule has 1 aromatic heterocycles. The molecule has 0 radical (unpaired) electrons. The van der Waals surface area contributed by atoms with Gasteiger partial charge < -0.3 is 10.4 Å². The van der Waals surface area contributed by atoms with Gasteiger partial charge in [0.2, 0.25) is 0 Å². The average molecular weight is 258 g/mol. The van der Waals surface area contributed by atoms with Crippen molar-refractivity contribution in [1.29, 1.82) is 0 Å². The summed E-state index contributed by atoms with van der Waals surface area (Å²) in [6.45, 7) is 7.22. The fourth-order valence-corrected chi connectivity index (χ4v) is 2.07. The van der Waals surface area contributed by atoms with E-state index in [1.54, 1.807) is 0 Å². The summed E-state index contributed by atoms with van der Waals surface area (Å²) >= 11 is 0. The molecule has 0 spiro atoms. The smallest absolute Gasteiger partial charge is 0.0751 e. The van der Waals surface area contributed by atoms with Gasteiger partial charge in [0.05, 0.1) is 12.1 Å². The van der Waals surface area contributed by atoms with Crippen LogP contribution in [0.3, 0.4) is 0 Å². The lowest BCUT2D eigenvalue weighted by Gasteiger charge is -2.26. The summed E-state index contributed by atoms with van der Waals surface area (Å²) < 4.78 is 0. The molecule has 102 valence electrons. The van der Waals surface area contributed by atoms with Gasteiger partial charge in [0.25, 0.3) is 0 Å². The Morgan fingerprint density at radius 3 is 2.79 bits per heavy atom. The molecule has 0 aliphatic heterocycles. The highest BCUT2D eigenvalue weighted by Crippen LogP contribution is 2.27. The number of aromatic nitrogens is 1. The molecule has 2 N–H and O–H groups in total. The third-order valence-electron chi connectivity index (χ3n) is 3.91. The van der Waals surface area contributed by atoms with Gasteiger partial charge in [0.1, 0.15) is 0 Å². The van der Waals surface area contributed by atoms with Crippen molar-refractivity contribution in [2.75, 3.05) is 18.5 Å². The summed E-state index contributed by atoms with van der Waals surface area (Å²) in [5.74, 6) is 0. The predicted octanol–water partition coefficient (Wildman–Crippen LogP) is 3.36. The van der Waals surface area contributed by atoms with Crippen molar-refractivity contribution in [1.82, 2.24) is 4.98 Å². The zero-order valence-electron chi connectivity index (χ0n) is 11.9. The number of anilines is 1. The lowest BCUT2D eigenvalue weighted by molar-refractivity contribution is 0.149. The third-order valence-corrected chi connectivity index (χ3v) is 3.91. The van der Waals surface area contributed by atoms with Gasteiger partial charge in [0.15, 0.2) is 0 Å². The van der Waals surface area contributed by atoms with Crippen LogP contribution in [0.15, 0.2) is 30.5 Å². The van der Waals surface area contributed by atoms with E-state index < -0.39 is 0 Å². The largest absolute Gasteiger partial charge is 0.396 e. The molecular formula is C16H22N2O. The Kier molecular flexibility index (Phi) is 4.05. The minimum absolute atomic E-state index is 0.0839. The van der Waals surface area contributed by atoms with Crippen molar-refractivity contribution in [3.63, 3.8) is 0 Å². The van der Waals surface area contributed by atoms with Gasteiger partial charge in [-0.3, -0.25) is 4.98 Å². The van der Waals surface area contributed by atoms with E-state index in [-0.39, 0.29) is 12.0 Å². The highest BCUT2D eigenvalue weighted by Gasteiger charge is 2.20. The molecule has 0 bridgehead atoms. The summed E-state index contributed by atoms with van der Waals surface area (Å²) in [5, 5.41) is 14.1. The maximum atomic E-state index is 9.47. The molecule has 0 aliphatic carbocycles. The maximum Gasteiger partial charge on any atom is 0.0751 e. The van der Waals surface area contributed by atoms with Crippen molar-refractivity contribution < 1.29 is 5.11 Å². The average Bonchev–Trinajstić information content (AvgIpc) is 2.46. The second-order valence-electron chi connectivity index (χ2n) is 5.51. The first-order chi connectivity index (χ1) is 9.09. The molecule has 0 aliphatic rings. The monoisotopic (exact) mass is 258 g/mol. The number of aliphatic hydroxyl groups is 1. The Hall–Kier alpha value is -1.61. The molecule has 0 saturated carbocycles. The van der Waals surface area contributed by atoms with Gasteiger partial charge >= 0.3 is 0 Å². The van der Waals surface area contributed by atoms with Crippen LogP contribution in [-0.2, 0) is 0 Å². The van der Waals surface area contributed by atoms with Crippen LogP contribution in [0.4, 0.5) is 5.69 Å². The zero-order valence-corrected chi connectivity index (χ0v) is 11.9.